The SMILES string of the molecule is CC1CC=c2ccccc2=C1c1ccc(-c2cc(-c3ccc(-c4cccnc4)cc3)c3c4c2ccc2cc(C(C)(C)C)cc(c24)CC3)cc1. The molecule has 0 saturated carbocycles. The second-order valence-corrected chi connectivity index (χ2v) is 15.2. The highest BCUT2D eigenvalue weighted by Crippen LogP contribution is 2.46. The lowest BCUT2D eigenvalue weighted by molar-refractivity contribution is 0.590. The highest BCUT2D eigenvalue weighted by Gasteiger charge is 2.25. The normalized spacial score (nSPS) is 15.4. The Hall–Kier alpha value is -5.27. The van der Waals surface area contributed by atoms with Crippen molar-refractivity contribution in [3.63, 3.8) is 0 Å². The van der Waals surface area contributed by atoms with E-state index in [2.05, 4.69) is 148 Å². The van der Waals surface area contributed by atoms with E-state index in [0.717, 1.165) is 24.8 Å². The van der Waals surface area contributed by atoms with Gasteiger partial charge in [-0.25, -0.2) is 0 Å². The van der Waals surface area contributed by atoms with Crippen molar-refractivity contribution >= 4 is 33.2 Å². The summed E-state index contributed by atoms with van der Waals surface area (Å²) in [5, 5.41) is 8.32. The van der Waals surface area contributed by atoms with Crippen LogP contribution in [-0.2, 0) is 18.3 Å². The van der Waals surface area contributed by atoms with Crippen LogP contribution in [0.3, 0.4) is 0 Å². The van der Waals surface area contributed by atoms with Gasteiger partial charge in [0.1, 0.15) is 0 Å². The predicted molar refractivity (Wildman–Crippen MR) is 208 cm³/mol. The maximum absolute atomic E-state index is 4.35. The van der Waals surface area contributed by atoms with Gasteiger partial charge in [0, 0.05) is 12.4 Å². The van der Waals surface area contributed by atoms with Gasteiger partial charge in [-0.05, 0) is 136 Å². The number of benzene rings is 6. The van der Waals surface area contributed by atoms with Crippen LogP contribution < -0.4 is 10.4 Å². The van der Waals surface area contributed by atoms with Crippen molar-refractivity contribution in [2.24, 2.45) is 5.92 Å². The molecule has 0 fully saturated rings. The van der Waals surface area contributed by atoms with E-state index in [-0.39, 0.29) is 5.41 Å². The summed E-state index contributed by atoms with van der Waals surface area (Å²) >= 11 is 0. The summed E-state index contributed by atoms with van der Waals surface area (Å²) in [7, 11) is 0. The fourth-order valence-electron chi connectivity index (χ4n) is 8.43. The van der Waals surface area contributed by atoms with Crippen LogP contribution in [0.4, 0.5) is 0 Å². The quantitative estimate of drug-likeness (QED) is 0.176. The van der Waals surface area contributed by atoms with Gasteiger partial charge in [-0.15, -0.1) is 0 Å². The third-order valence-corrected chi connectivity index (χ3v) is 11.0. The number of aryl methyl sites for hydroxylation is 2. The third kappa shape index (κ3) is 5.03. The molecule has 0 N–H and O–H groups in total. The molecule has 2 aliphatic rings. The minimum Gasteiger partial charge on any atom is -0.264 e. The first-order valence-electron chi connectivity index (χ1n) is 17.8. The Kier molecular flexibility index (Phi) is 6.95. The van der Waals surface area contributed by atoms with Crippen molar-refractivity contribution < 1.29 is 0 Å². The topological polar surface area (TPSA) is 12.9 Å². The van der Waals surface area contributed by atoms with Crippen LogP contribution in [-0.4, -0.2) is 4.98 Å². The predicted octanol–water partition coefficient (Wildman–Crippen LogP) is 10.8. The van der Waals surface area contributed by atoms with E-state index in [1.54, 1.807) is 0 Å². The van der Waals surface area contributed by atoms with E-state index in [9.17, 15) is 0 Å². The van der Waals surface area contributed by atoms with Crippen molar-refractivity contribution in [1.29, 1.82) is 0 Å². The highest BCUT2D eigenvalue weighted by molar-refractivity contribution is 6.17. The lowest BCUT2D eigenvalue weighted by atomic mass is 9.77. The first-order chi connectivity index (χ1) is 23.8. The van der Waals surface area contributed by atoms with Crippen LogP contribution in [0.2, 0.25) is 0 Å². The molecule has 9 rings (SSSR count). The van der Waals surface area contributed by atoms with Gasteiger partial charge < -0.3 is 0 Å². The van der Waals surface area contributed by atoms with Crippen LogP contribution in [0.1, 0.15) is 56.4 Å². The number of nitrogens with zero attached hydrogens (tertiary/aromatic N) is 1. The largest absolute Gasteiger partial charge is 0.264 e. The number of hydrogen-bond donors (Lipinski definition) is 0. The monoisotopic (exact) mass is 631 g/mol. The average Bonchev–Trinajstić information content (AvgIpc) is 3.13. The third-order valence-electron chi connectivity index (χ3n) is 11.0. The Bertz CT molecular complexity index is 2530. The molecule has 1 heteroatoms. The van der Waals surface area contributed by atoms with E-state index in [1.807, 2.05) is 18.5 Å². The summed E-state index contributed by atoms with van der Waals surface area (Å²) in [6, 6.07) is 43.7. The summed E-state index contributed by atoms with van der Waals surface area (Å²) in [5.41, 5.74) is 14.8. The minimum absolute atomic E-state index is 0.108. The summed E-state index contributed by atoms with van der Waals surface area (Å²) in [5.74, 6) is 0.489. The molecule has 0 bridgehead atoms. The zero-order valence-electron chi connectivity index (χ0n) is 28.8. The lowest BCUT2D eigenvalue weighted by Crippen LogP contribution is -2.32. The molecule has 49 heavy (non-hydrogen) atoms. The van der Waals surface area contributed by atoms with Gasteiger partial charge >= 0.3 is 0 Å². The van der Waals surface area contributed by atoms with E-state index >= 15 is 0 Å². The summed E-state index contributed by atoms with van der Waals surface area (Å²) in [4.78, 5) is 4.35. The molecule has 0 amide bonds. The zero-order chi connectivity index (χ0) is 33.3. The van der Waals surface area contributed by atoms with Crippen molar-refractivity contribution in [1.82, 2.24) is 4.98 Å². The molecule has 1 aromatic heterocycles. The lowest BCUT2D eigenvalue weighted by Gasteiger charge is -2.27. The Balaban J connectivity index is 1.26. The molecule has 1 nitrogen and oxygen atoms in total. The van der Waals surface area contributed by atoms with Crippen molar-refractivity contribution in [2.75, 3.05) is 0 Å². The second-order valence-electron chi connectivity index (χ2n) is 15.2. The molecule has 2 aliphatic carbocycles. The molecule has 7 aromatic rings. The molecule has 1 atom stereocenters. The van der Waals surface area contributed by atoms with Gasteiger partial charge in [-0.1, -0.05) is 137 Å². The molecule has 1 heterocycles. The molecule has 0 saturated heterocycles. The molecule has 0 spiro atoms. The number of pyridine rings is 1. The van der Waals surface area contributed by atoms with Crippen LogP contribution in [0.5, 0.6) is 0 Å². The van der Waals surface area contributed by atoms with E-state index in [1.165, 1.54) is 87.6 Å². The van der Waals surface area contributed by atoms with Crippen LogP contribution in [0.25, 0.3) is 66.6 Å². The number of hydrogen-bond acceptors (Lipinski definition) is 1. The van der Waals surface area contributed by atoms with Crippen LogP contribution in [0.15, 0.2) is 128 Å². The zero-order valence-corrected chi connectivity index (χ0v) is 28.8. The summed E-state index contributed by atoms with van der Waals surface area (Å²) < 4.78 is 0. The second kappa shape index (κ2) is 11.4. The standard InChI is InChI=1S/C48H41N/c1-30-11-12-32-8-5-6-10-40(32)45(30)35-19-17-34(18-20-35)44-28-43(33-15-13-31(14-16-33)38-9-7-25-49-29-38)41-23-21-36-26-39(48(2,3)4)27-37-22-24-42(44)47(41)46(36)37/h5-10,12-20,22,24-30H,11,21,23H2,1-4H3. The average molecular weight is 632 g/mol. The Labute approximate surface area is 289 Å². The number of aromatic nitrogens is 1. The minimum atomic E-state index is 0.108. The van der Waals surface area contributed by atoms with Crippen molar-refractivity contribution in [2.45, 2.75) is 52.4 Å². The fraction of sp³-hybridized carbons (Fsp3) is 0.188. The van der Waals surface area contributed by atoms with Crippen LogP contribution >= 0.6 is 0 Å². The first-order valence-corrected chi connectivity index (χ1v) is 17.8. The number of fused-ring (bicyclic) bond motifs is 1. The van der Waals surface area contributed by atoms with Gasteiger partial charge in [0.2, 0.25) is 0 Å². The Morgan fingerprint density at radius 2 is 1.37 bits per heavy atom. The van der Waals surface area contributed by atoms with E-state index in [0.29, 0.717) is 5.92 Å². The maximum atomic E-state index is 4.35. The van der Waals surface area contributed by atoms with Crippen molar-refractivity contribution in [3.05, 3.63) is 160 Å². The molecule has 1 unspecified atom stereocenters. The summed E-state index contributed by atoms with van der Waals surface area (Å²) in [6.07, 6.45) is 9.36. The van der Waals surface area contributed by atoms with E-state index < -0.39 is 0 Å². The maximum Gasteiger partial charge on any atom is 0.0346 e. The number of rotatable bonds is 4. The van der Waals surface area contributed by atoms with Crippen molar-refractivity contribution in [3.8, 4) is 33.4 Å². The Morgan fingerprint density at radius 1 is 0.633 bits per heavy atom. The fourth-order valence-corrected chi connectivity index (χ4v) is 8.43. The molecule has 238 valence electrons. The highest BCUT2D eigenvalue weighted by atomic mass is 14.6. The Morgan fingerprint density at radius 3 is 2.12 bits per heavy atom. The molecular formula is C48H41N. The molecule has 6 aromatic carbocycles. The van der Waals surface area contributed by atoms with Gasteiger partial charge in [-0.2, -0.15) is 0 Å². The van der Waals surface area contributed by atoms with Gasteiger partial charge in [-0.3, -0.25) is 4.98 Å². The first kappa shape index (κ1) is 29.8. The van der Waals surface area contributed by atoms with Gasteiger partial charge in [0.05, 0.1) is 0 Å². The van der Waals surface area contributed by atoms with Gasteiger partial charge in [0.15, 0.2) is 0 Å². The van der Waals surface area contributed by atoms with Crippen LogP contribution in [0, 0.1) is 5.92 Å². The molecular weight excluding hydrogens is 591 g/mol. The van der Waals surface area contributed by atoms with Gasteiger partial charge in [0.25, 0.3) is 0 Å². The molecule has 0 aliphatic heterocycles. The smallest absolute Gasteiger partial charge is 0.0346 e. The summed E-state index contributed by atoms with van der Waals surface area (Å²) in [6.45, 7) is 9.34. The van der Waals surface area contributed by atoms with E-state index in [4.69, 9.17) is 0 Å². The molecule has 0 radical (unpaired) electrons.